The number of fused-ring (bicyclic) bond motifs is 1. The van der Waals surface area contributed by atoms with Gasteiger partial charge in [0.05, 0.1) is 6.04 Å². The molecule has 86 valence electrons. The van der Waals surface area contributed by atoms with Crippen molar-refractivity contribution in [1.29, 1.82) is 0 Å². The van der Waals surface area contributed by atoms with Gasteiger partial charge in [-0.15, -0.1) is 0 Å². The molecule has 2 heteroatoms. The number of aryl methyl sites for hydroxylation is 1. The van der Waals surface area contributed by atoms with Gasteiger partial charge >= 0.3 is 0 Å². The molecule has 0 aliphatic carbocycles. The second-order valence-corrected chi connectivity index (χ2v) is 4.52. The van der Waals surface area contributed by atoms with E-state index in [1.54, 1.807) is 6.07 Å². The van der Waals surface area contributed by atoms with Crippen molar-refractivity contribution < 1.29 is 5.11 Å². The highest BCUT2D eigenvalue weighted by molar-refractivity contribution is 5.50. The van der Waals surface area contributed by atoms with Crippen molar-refractivity contribution in [2.75, 3.05) is 0 Å². The SMILES string of the molecule is Cc1ccccc1C1NCc2cccc(O)c21. The summed E-state index contributed by atoms with van der Waals surface area (Å²) in [5.41, 5.74) is 4.72. The monoisotopic (exact) mass is 225 g/mol. The lowest BCUT2D eigenvalue weighted by Crippen LogP contribution is -2.14. The third-order valence-electron chi connectivity index (χ3n) is 3.46. The van der Waals surface area contributed by atoms with Crippen LogP contribution in [0.2, 0.25) is 0 Å². The van der Waals surface area contributed by atoms with E-state index in [9.17, 15) is 5.11 Å². The lowest BCUT2D eigenvalue weighted by molar-refractivity contribution is 0.464. The molecule has 2 aromatic rings. The molecule has 2 aromatic carbocycles. The standard InChI is InChI=1S/C15H15NO/c1-10-5-2-3-7-12(10)15-14-11(9-16-15)6-4-8-13(14)17/h2-8,15-17H,9H2,1H3. The molecule has 0 spiro atoms. The Morgan fingerprint density at radius 2 is 1.94 bits per heavy atom. The average molecular weight is 225 g/mol. The van der Waals surface area contributed by atoms with Crippen molar-refractivity contribution in [2.24, 2.45) is 0 Å². The summed E-state index contributed by atoms with van der Waals surface area (Å²) >= 11 is 0. The van der Waals surface area contributed by atoms with Crippen LogP contribution in [0.3, 0.4) is 0 Å². The fourth-order valence-electron chi connectivity index (χ4n) is 2.58. The molecular weight excluding hydrogens is 210 g/mol. The third-order valence-corrected chi connectivity index (χ3v) is 3.46. The van der Waals surface area contributed by atoms with Crippen molar-refractivity contribution in [1.82, 2.24) is 5.32 Å². The molecule has 0 aromatic heterocycles. The Bertz CT molecular complexity index is 563. The Balaban J connectivity index is 2.13. The van der Waals surface area contributed by atoms with Gasteiger partial charge in [0, 0.05) is 12.1 Å². The fraction of sp³-hybridized carbons (Fsp3) is 0.200. The molecule has 0 saturated carbocycles. The molecule has 1 atom stereocenters. The minimum absolute atomic E-state index is 0.118. The number of aromatic hydroxyl groups is 1. The van der Waals surface area contributed by atoms with E-state index in [1.165, 1.54) is 16.7 Å². The fourth-order valence-corrected chi connectivity index (χ4v) is 2.58. The maximum absolute atomic E-state index is 10.0. The Morgan fingerprint density at radius 3 is 2.76 bits per heavy atom. The number of hydrogen-bond donors (Lipinski definition) is 2. The summed E-state index contributed by atoms with van der Waals surface area (Å²) in [6, 6.07) is 14.2. The zero-order chi connectivity index (χ0) is 11.8. The molecule has 17 heavy (non-hydrogen) atoms. The summed E-state index contributed by atoms with van der Waals surface area (Å²) in [6.45, 7) is 2.93. The van der Waals surface area contributed by atoms with Crippen LogP contribution in [0.4, 0.5) is 0 Å². The first-order valence-corrected chi connectivity index (χ1v) is 5.87. The minimum Gasteiger partial charge on any atom is -0.508 e. The smallest absolute Gasteiger partial charge is 0.121 e. The predicted octanol–water partition coefficient (Wildman–Crippen LogP) is 2.89. The molecule has 1 aliphatic rings. The number of phenols is 1. The van der Waals surface area contributed by atoms with Crippen LogP contribution in [0.15, 0.2) is 42.5 Å². The van der Waals surface area contributed by atoms with Gasteiger partial charge in [-0.2, -0.15) is 0 Å². The van der Waals surface area contributed by atoms with Gasteiger partial charge in [0.1, 0.15) is 5.75 Å². The summed E-state index contributed by atoms with van der Waals surface area (Å²) in [5, 5.41) is 13.5. The van der Waals surface area contributed by atoms with Gasteiger partial charge in [-0.05, 0) is 29.7 Å². The molecule has 0 radical (unpaired) electrons. The molecule has 2 N–H and O–H groups in total. The first-order valence-electron chi connectivity index (χ1n) is 5.87. The highest BCUT2D eigenvalue weighted by Crippen LogP contribution is 2.37. The van der Waals surface area contributed by atoms with E-state index in [0.717, 1.165) is 12.1 Å². The van der Waals surface area contributed by atoms with Crippen LogP contribution in [0.1, 0.15) is 28.3 Å². The minimum atomic E-state index is 0.118. The zero-order valence-electron chi connectivity index (χ0n) is 9.77. The highest BCUT2D eigenvalue weighted by Gasteiger charge is 2.26. The second-order valence-electron chi connectivity index (χ2n) is 4.52. The van der Waals surface area contributed by atoms with E-state index in [1.807, 2.05) is 18.2 Å². The molecular formula is C15H15NO. The Labute approximate surface area is 101 Å². The lowest BCUT2D eigenvalue weighted by atomic mass is 9.94. The van der Waals surface area contributed by atoms with Crippen LogP contribution in [0.5, 0.6) is 5.75 Å². The largest absolute Gasteiger partial charge is 0.508 e. The normalized spacial score (nSPS) is 18.1. The number of benzene rings is 2. The first-order chi connectivity index (χ1) is 8.27. The van der Waals surface area contributed by atoms with Crippen molar-refractivity contribution in [2.45, 2.75) is 19.5 Å². The van der Waals surface area contributed by atoms with Crippen LogP contribution in [0, 0.1) is 6.92 Å². The highest BCUT2D eigenvalue weighted by atomic mass is 16.3. The number of rotatable bonds is 1. The van der Waals surface area contributed by atoms with Crippen molar-refractivity contribution in [3.8, 4) is 5.75 Å². The average Bonchev–Trinajstić information content (AvgIpc) is 2.75. The van der Waals surface area contributed by atoms with Crippen LogP contribution < -0.4 is 5.32 Å². The molecule has 0 bridgehead atoms. The van der Waals surface area contributed by atoms with E-state index < -0.39 is 0 Å². The molecule has 1 aliphatic heterocycles. The maximum Gasteiger partial charge on any atom is 0.121 e. The van der Waals surface area contributed by atoms with Gasteiger partial charge in [0.15, 0.2) is 0 Å². The zero-order valence-corrected chi connectivity index (χ0v) is 9.77. The molecule has 0 fully saturated rings. The van der Waals surface area contributed by atoms with Crippen molar-refractivity contribution in [3.63, 3.8) is 0 Å². The topological polar surface area (TPSA) is 32.3 Å². The molecule has 1 unspecified atom stereocenters. The van der Waals surface area contributed by atoms with E-state index in [4.69, 9.17) is 0 Å². The van der Waals surface area contributed by atoms with Gasteiger partial charge in [-0.25, -0.2) is 0 Å². The van der Waals surface area contributed by atoms with Crippen LogP contribution >= 0.6 is 0 Å². The van der Waals surface area contributed by atoms with E-state index in [-0.39, 0.29) is 6.04 Å². The van der Waals surface area contributed by atoms with Crippen molar-refractivity contribution >= 4 is 0 Å². The molecule has 3 rings (SSSR count). The molecule has 0 amide bonds. The Hall–Kier alpha value is -1.80. The van der Waals surface area contributed by atoms with Crippen LogP contribution in [-0.2, 0) is 6.54 Å². The summed E-state index contributed by atoms with van der Waals surface area (Å²) in [5.74, 6) is 0.390. The number of phenolic OH excluding ortho intramolecular Hbond substituents is 1. The molecule has 0 saturated heterocycles. The summed E-state index contributed by atoms with van der Waals surface area (Å²) < 4.78 is 0. The van der Waals surface area contributed by atoms with Crippen LogP contribution in [0.25, 0.3) is 0 Å². The number of nitrogens with one attached hydrogen (secondary N) is 1. The molecule has 2 nitrogen and oxygen atoms in total. The van der Waals surface area contributed by atoms with Crippen LogP contribution in [-0.4, -0.2) is 5.11 Å². The van der Waals surface area contributed by atoms with Gasteiger partial charge in [0.2, 0.25) is 0 Å². The van der Waals surface area contributed by atoms with Gasteiger partial charge in [0.25, 0.3) is 0 Å². The quantitative estimate of drug-likeness (QED) is 0.782. The van der Waals surface area contributed by atoms with Gasteiger partial charge in [-0.1, -0.05) is 36.4 Å². The van der Waals surface area contributed by atoms with E-state index in [0.29, 0.717) is 5.75 Å². The van der Waals surface area contributed by atoms with Crippen molar-refractivity contribution in [3.05, 3.63) is 64.7 Å². The van der Waals surface area contributed by atoms with Gasteiger partial charge in [-0.3, -0.25) is 0 Å². The van der Waals surface area contributed by atoms with E-state index in [2.05, 4.69) is 30.4 Å². The van der Waals surface area contributed by atoms with Gasteiger partial charge < -0.3 is 10.4 Å². The summed E-state index contributed by atoms with van der Waals surface area (Å²) in [6.07, 6.45) is 0. The van der Waals surface area contributed by atoms with E-state index >= 15 is 0 Å². The summed E-state index contributed by atoms with van der Waals surface area (Å²) in [4.78, 5) is 0. The Kier molecular flexibility index (Phi) is 2.37. The first kappa shape index (κ1) is 10.4. The lowest BCUT2D eigenvalue weighted by Gasteiger charge is -2.16. The number of hydrogen-bond acceptors (Lipinski definition) is 2. The maximum atomic E-state index is 10.0. The third kappa shape index (κ3) is 1.61. The molecule has 1 heterocycles. The summed E-state index contributed by atoms with van der Waals surface area (Å²) in [7, 11) is 0. The Morgan fingerprint density at radius 1 is 1.12 bits per heavy atom. The predicted molar refractivity (Wildman–Crippen MR) is 68.0 cm³/mol. The second kappa shape index (κ2) is 3.90.